The van der Waals surface area contributed by atoms with E-state index in [2.05, 4.69) is 6.92 Å². The number of unbranched alkanes of at least 4 members (excludes halogenated alkanes) is 1. The van der Waals surface area contributed by atoms with Crippen LogP contribution in [0.3, 0.4) is 0 Å². The smallest absolute Gasteiger partial charge is 0.210 e. The molecule has 3 unspecified atom stereocenters. The zero-order valence-electron chi connectivity index (χ0n) is 18.6. The molecule has 170 valence electrons. The fourth-order valence-electron chi connectivity index (χ4n) is 5.73. The normalized spacial score (nSPS) is 30.5. The van der Waals surface area contributed by atoms with E-state index >= 15 is 0 Å². The van der Waals surface area contributed by atoms with Crippen LogP contribution in [0, 0.1) is 23.7 Å². The minimum atomic E-state index is -1.92. The summed E-state index contributed by atoms with van der Waals surface area (Å²) in [5.74, 6) is 3.24. The lowest BCUT2D eigenvalue weighted by Crippen LogP contribution is -2.27. The van der Waals surface area contributed by atoms with Crippen LogP contribution in [-0.4, -0.2) is 15.9 Å². The van der Waals surface area contributed by atoms with Crippen LogP contribution in [0.25, 0.3) is 0 Å². The van der Waals surface area contributed by atoms with Crippen LogP contribution < -0.4 is 0 Å². The van der Waals surface area contributed by atoms with E-state index in [0.29, 0.717) is 10.8 Å². The van der Waals surface area contributed by atoms with Gasteiger partial charge in [0.25, 0.3) is 0 Å². The van der Waals surface area contributed by atoms with E-state index in [9.17, 15) is 13.0 Å². The van der Waals surface area contributed by atoms with Crippen LogP contribution >= 0.6 is 0 Å². The molecule has 1 aromatic carbocycles. The predicted molar refractivity (Wildman–Crippen MR) is 122 cm³/mol. The van der Waals surface area contributed by atoms with Crippen molar-refractivity contribution in [3.63, 3.8) is 0 Å². The molecule has 1 aromatic rings. The number of alkyl halides is 2. The van der Waals surface area contributed by atoms with Gasteiger partial charge in [-0.2, -0.15) is 0 Å². The Hall–Kier alpha value is -0.770. The number of hydrogen-bond acceptors (Lipinski definition) is 1. The number of hydrogen-bond donors (Lipinski definition) is 0. The number of benzene rings is 1. The third-order valence-electron chi connectivity index (χ3n) is 7.73. The molecule has 2 aliphatic rings. The monoisotopic (exact) mass is 438 g/mol. The Morgan fingerprint density at radius 3 is 1.93 bits per heavy atom. The van der Waals surface area contributed by atoms with Gasteiger partial charge >= 0.3 is 0 Å². The predicted octanol–water partition coefficient (Wildman–Crippen LogP) is 8.01. The molecule has 0 saturated heterocycles. The van der Waals surface area contributed by atoms with Crippen molar-refractivity contribution in [2.75, 3.05) is 0 Å². The molecule has 0 N–H and O–H groups in total. The molecular weight excluding hydrogens is 398 g/mol. The molecule has 3 rings (SSSR count). The molecule has 0 aromatic heterocycles. The van der Waals surface area contributed by atoms with E-state index in [1.165, 1.54) is 57.8 Å². The Bertz CT molecular complexity index is 621. The molecule has 2 aliphatic carbocycles. The molecule has 0 amide bonds. The Kier molecular flexibility index (Phi) is 9.80. The summed E-state index contributed by atoms with van der Waals surface area (Å²) >= 11 is 0. The first-order valence-corrected chi connectivity index (χ1v) is 13.5. The number of halogens is 2. The van der Waals surface area contributed by atoms with Crippen molar-refractivity contribution in [1.82, 2.24) is 0 Å². The summed E-state index contributed by atoms with van der Waals surface area (Å²) in [4.78, 5) is 0.373. The molecule has 2 saturated carbocycles. The van der Waals surface area contributed by atoms with Gasteiger partial charge in [0.15, 0.2) is 0 Å². The molecule has 0 radical (unpaired) electrons. The summed E-state index contributed by atoms with van der Waals surface area (Å²) < 4.78 is 41.0. The first kappa shape index (κ1) is 23.9. The summed E-state index contributed by atoms with van der Waals surface area (Å²) in [6.45, 7) is 2.28. The third kappa shape index (κ3) is 6.87. The highest BCUT2D eigenvalue weighted by atomic mass is 32.2. The van der Waals surface area contributed by atoms with Gasteiger partial charge in [0.2, 0.25) is 5.50 Å². The third-order valence-corrected chi connectivity index (χ3v) is 9.17. The standard InChI is InChI=1S/C26H40F2OS/c1-2-3-7-20-10-15-22(16-11-20)23-17-12-21(13-18-23)14-19-25(27)26(28)30(29)24-8-5-4-6-9-24/h4-6,8-9,20-23,25-26H,2-3,7,10-19H2,1H3. The SMILES string of the molecule is CCCCC1CCC(C2CCC(CCC(F)C(F)S(=O)c3ccccc3)CC2)CC1. The fourth-order valence-corrected chi connectivity index (χ4v) is 6.82. The zero-order chi connectivity index (χ0) is 21.3. The van der Waals surface area contributed by atoms with E-state index in [1.807, 2.05) is 0 Å². The van der Waals surface area contributed by atoms with Gasteiger partial charge in [-0.15, -0.1) is 0 Å². The zero-order valence-corrected chi connectivity index (χ0v) is 19.4. The first-order valence-electron chi connectivity index (χ1n) is 12.3. The first-order chi connectivity index (χ1) is 14.6. The Morgan fingerprint density at radius 2 is 1.40 bits per heavy atom. The lowest BCUT2D eigenvalue weighted by Gasteiger charge is -2.38. The average molecular weight is 439 g/mol. The van der Waals surface area contributed by atoms with E-state index in [4.69, 9.17) is 0 Å². The minimum absolute atomic E-state index is 0.192. The second-order valence-electron chi connectivity index (χ2n) is 9.76. The summed E-state index contributed by atoms with van der Waals surface area (Å²) in [6.07, 6.45) is 13.9. The van der Waals surface area contributed by atoms with Crippen LogP contribution in [0.15, 0.2) is 35.2 Å². The van der Waals surface area contributed by atoms with Gasteiger partial charge < -0.3 is 0 Å². The second-order valence-corrected chi connectivity index (χ2v) is 11.3. The van der Waals surface area contributed by atoms with Crippen molar-refractivity contribution >= 4 is 10.8 Å². The minimum Gasteiger partial charge on any atom is -0.251 e. The van der Waals surface area contributed by atoms with Crippen LogP contribution in [0.1, 0.15) is 90.4 Å². The molecule has 1 nitrogen and oxygen atoms in total. The van der Waals surface area contributed by atoms with Crippen molar-refractivity contribution in [2.45, 2.75) is 107 Å². The van der Waals surface area contributed by atoms with Crippen LogP contribution in [0.5, 0.6) is 0 Å². The highest BCUT2D eigenvalue weighted by Gasteiger charge is 2.32. The number of rotatable bonds is 10. The molecule has 4 heteroatoms. The van der Waals surface area contributed by atoms with E-state index in [0.717, 1.165) is 37.0 Å². The summed E-state index contributed by atoms with van der Waals surface area (Å²) in [6, 6.07) is 8.42. The van der Waals surface area contributed by atoms with E-state index < -0.39 is 22.5 Å². The Labute approximate surface area is 184 Å². The molecular formula is C26H40F2OS. The van der Waals surface area contributed by atoms with Gasteiger partial charge in [-0.3, -0.25) is 4.21 Å². The molecule has 3 atom stereocenters. The lowest BCUT2D eigenvalue weighted by atomic mass is 9.68. The molecule has 0 heterocycles. The van der Waals surface area contributed by atoms with E-state index in [-0.39, 0.29) is 6.42 Å². The largest absolute Gasteiger partial charge is 0.251 e. The summed E-state index contributed by atoms with van der Waals surface area (Å²) in [7, 11) is -1.92. The van der Waals surface area contributed by atoms with Crippen LogP contribution in [-0.2, 0) is 10.8 Å². The highest BCUT2D eigenvalue weighted by molar-refractivity contribution is 7.85. The fraction of sp³-hybridized carbons (Fsp3) is 0.769. The van der Waals surface area contributed by atoms with Crippen molar-refractivity contribution in [3.05, 3.63) is 30.3 Å². The molecule has 2 fully saturated rings. The van der Waals surface area contributed by atoms with Gasteiger partial charge in [0, 0.05) is 4.90 Å². The van der Waals surface area contributed by atoms with Crippen molar-refractivity contribution in [2.24, 2.45) is 23.7 Å². The molecule has 0 spiro atoms. The van der Waals surface area contributed by atoms with Gasteiger partial charge in [-0.05, 0) is 74.3 Å². The maximum Gasteiger partial charge on any atom is 0.210 e. The molecule has 30 heavy (non-hydrogen) atoms. The van der Waals surface area contributed by atoms with Gasteiger partial charge in [0.1, 0.15) is 6.17 Å². The Morgan fingerprint density at radius 1 is 0.867 bits per heavy atom. The van der Waals surface area contributed by atoms with Crippen molar-refractivity contribution < 1.29 is 13.0 Å². The maximum absolute atomic E-state index is 14.4. The summed E-state index contributed by atoms with van der Waals surface area (Å²) in [5.41, 5.74) is -1.92. The quantitative estimate of drug-likeness (QED) is 0.361. The summed E-state index contributed by atoms with van der Waals surface area (Å²) in [5, 5.41) is 0. The van der Waals surface area contributed by atoms with Gasteiger partial charge in [0.05, 0.1) is 10.8 Å². The van der Waals surface area contributed by atoms with Crippen molar-refractivity contribution in [3.8, 4) is 0 Å². The van der Waals surface area contributed by atoms with Crippen molar-refractivity contribution in [1.29, 1.82) is 0 Å². The molecule has 0 aliphatic heterocycles. The van der Waals surface area contributed by atoms with Gasteiger partial charge in [-0.1, -0.05) is 70.1 Å². The lowest BCUT2D eigenvalue weighted by molar-refractivity contribution is 0.133. The van der Waals surface area contributed by atoms with E-state index in [1.54, 1.807) is 30.3 Å². The van der Waals surface area contributed by atoms with Crippen LogP contribution in [0.4, 0.5) is 8.78 Å². The maximum atomic E-state index is 14.4. The van der Waals surface area contributed by atoms with Gasteiger partial charge in [-0.25, -0.2) is 8.78 Å². The average Bonchev–Trinajstić information content (AvgIpc) is 2.81. The molecule has 0 bridgehead atoms. The topological polar surface area (TPSA) is 17.1 Å². The Balaban J connectivity index is 1.34. The highest BCUT2D eigenvalue weighted by Crippen LogP contribution is 2.43. The second kappa shape index (κ2) is 12.3. The van der Waals surface area contributed by atoms with Crippen LogP contribution in [0.2, 0.25) is 0 Å².